The lowest BCUT2D eigenvalue weighted by Gasteiger charge is -2.18. The van der Waals surface area contributed by atoms with E-state index in [0.29, 0.717) is 24.1 Å². The Hall–Kier alpha value is -1.88. The van der Waals surface area contributed by atoms with Crippen molar-refractivity contribution in [2.45, 2.75) is 39.2 Å². The van der Waals surface area contributed by atoms with Crippen molar-refractivity contribution in [1.82, 2.24) is 0 Å². The molecule has 0 aliphatic heterocycles. The highest BCUT2D eigenvalue weighted by Gasteiger charge is 2.15. The van der Waals surface area contributed by atoms with Crippen molar-refractivity contribution in [3.8, 4) is 0 Å². The quantitative estimate of drug-likeness (QED) is 0.759. The highest BCUT2D eigenvalue weighted by atomic mass is 16.4. The van der Waals surface area contributed by atoms with Gasteiger partial charge in [0, 0.05) is 17.6 Å². The number of nitrogens with one attached hydrogen (secondary N) is 1. The van der Waals surface area contributed by atoms with Crippen molar-refractivity contribution in [2.75, 3.05) is 5.32 Å². The van der Waals surface area contributed by atoms with E-state index >= 15 is 0 Å². The zero-order valence-corrected chi connectivity index (χ0v) is 11.5. The molecule has 4 N–H and O–H groups in total. The third-order valence-corrected chi connectivity index (χ3v) is 2.83. The zero-order valence-electron chi connectivity index (χ0n) is 11.5. The van der Waals surface area contributed by atoms with Crippen LogP contribution in [0.3, 0.4) is 0 Å². The second-order valence-electron chi connectivity index (χ2n) is 5.32. The molecule has 0 atom stereocenters. The van der Waals surface area contributed by atoms with Gasteiger partial charge in [-0.05, 0) is 44.9 Å². The Kier molecular flexibility index (Phi) is 4.67. The molecular formula is C14H20N2O3. The second kappa shape index (κ2) is 5.84. The third-order valence-electron chi connectivity index (χ3n) is 2.83. The summed E-state index contributed by atoms with van der Waals surface area (Å²) in [7, 11) is 0. The largest absolute Gasteiger partial charge is 0.478 e. The third kappa shape index (κ3) is 4.71. The van der Waals surface area contributed by atoms with E-state index in [0.717, 1.165) is 0 Å². The van der Waals surface area contributed by atoms with Crippen molar-refractivity contribution in [3.63, 3.8) is 0 Å². The normalized spacial score (nSPS) is 11.2. The van der Waals surface area contributed by atoms with Crippen LogP contribution in [-0.2, 0) is 4.79 Å². The van der Waals surface area contributed by atoms with Crippen LogP contribution in [0.1, 0.15) is 42.6 Å². The molecule has 19 heavy (non-hydrogen) atoms. The Bertz CT molecular complexity index is 490. The molecule has 0 saturated carbocycles. The first-order valence-electron chi connectivity index (χ1n) is 6.12. The molecule has 0 saturated heterocycles. The molecule has 0 aliphatic rings. The molecule has 1 amide bonds. The summed E-state index contributed by atoms with van der Waals surface area (Å²) in [5, 5.41) is 11.7. The van der Waals surface area contributed by atoms with E-state index in [1.807, 2.05) is 13.8 Å². The lowest BCUT2D eigenvalue weighted by atomic mass is 10.00. The molecule has 104 valence electrons. The number of carbonyl (C=O) groups is 2. The van der Waals surface area contributed by atoms with E-state index in [1.54, 1.807) is 19.1 Å². The Balaban J connectivity index is 2.75. The molecule has 0 unspecified atom stereocenters. The highest BCUT2D eigenvalue weighted by molar-refractivity contribution is 5.96. The number of carbonyl (C=O) groups excluding carboxylic acids is 1. The summed E-state index contributed by atoms with van der Waals surface area (Å²) >= 11 is 0. The predicted molar refractivity (Wildman–Crippen MR) is 74.3 cm³/mol. The number of carboxylic acid groups (broad SMARTS) is 1. The van der Waals surface area contributed by atoms with Gasteiger partial charge in [0.25, 0.3) is 0 Å². The van der Waals surface area contributed by atoms with Crippen molar-refractivity contribution in [2.24, 2.45) is 5.73 Å². The first-order chi connectivity index (χ1) is 8.70. The second-order valence-corrected chi connectivity index (χ2v) is 5.32. The van der Waals surface area contributed by atoms with E-state index in [-0.39, 0.29) is 11.5 Å². The summed E-state index contributed by atoms with van der Waals surface area (Å²) in [6, 6.07) is 4.81. The van der Waals surface area contributed by atoms with Gasteiger partial charge in [-0.25, -0.2) is 4.79 Å². The Labute approximate surface area is 112 Å². The minimum Gasteiger partial charge on any atom is -0.478 e. The minimum absolute atomic E-state index is 0.163. The Morgan fingerprint density at radius 2 is 2.00 bits per heavy atom. The zero-order chi connectivity index (χ0) is 14.6. The predicted octanol–water partition coefficient (Wildman–Crippen LogP) is 2.15. The number of carboxylic acids is 1. The molecule has 0 heterocycles. The van der Waals surface area contributed by atoms with Gasteiger partial charge in [0.2, 0.25) is 5.91 Å². The van der Waals surface area contributed by atoms with Gasteiger partial charge >= 0.3 is 5.97 Å². The standard InChI is InChI=1S/C14H20N2O3/c1-9-10(13(18)19)5-4-6-11(9)16-12(17)7-8-14(2,3)15/h4-6H,7-8,15H2,1-3H3,(H,16,17)(H,18,19). The van der Waals surface area contributed by atoms with Gasteiger partial charge in [-0.3, -0.25) is 4.79 Å². The molecule has 0 aliphatic carbocycles. The van der Waals surface area contributed by atoms with Crippen LogP contribution in [0.5, 0.6) is 0 Å². The maximum Gasteiger partial charge on any atom is 0.336 e. The SMILES string of the molecule is Cc1c(NC(=O)CCC(C)(C)N)cccc1C(=O)O. The van der Waals surface area contributed by atoms with E-state index < -0.39 is 11.5 Å². The maximum atomic E-state index is 11.8. The summed E-state index contributed by atoms with van der Waals surface area (Å²) in [5.41, 5.74) is 6.69. The lowest BCUT2D eigenvalue weighted by molar-refractivity contribution is -0.116. The monoisotopic (exact) mass is 264 g/mol. The first-order valence-corrected chi connectivity index (χ1v) is 6.12. The molecule has 0 aromatic heterocycles. The molecule has 1 aromatic rings. The fraction of sp³-hybridized carbons (Fsp3) is 0.429. The van der Waals surface area contributed by atoms with Crippen molar-refractivity contribution in [1.29, 1.82) is 0 Å². The number of nitrogens with two attached hydrogens (primary N) is 1. The van der Waals surface area contributed by atoms with Crippen LogP contribution < -0.4 is 11.1 Å². The van der Waals surface area contributed by atoms with Gasteiger partial charge in [-0.15, -0.1) is 0 Å². The summed E-state index contributed by atoms with van der Waals surface area (Å²) in [6.45, 7) is 5.39. The van der Waals surface area contributed by atoms with Crippen LogP contribution in [0.25, 0.3) is 0 Å². The van der Waals surface area contributed by atoms with Gasteiger partial charge in [0.15, 0.2) is 0 Å². The van der Waals surface area contributed by atoms with Crippen LogP contribution in [-0.4, -0.2) is 22.5 Å². The summed E-state index contributed by atoms with van der Waals surface area (Å²) in [6.07, 6.45) is 0.872. The number of amides is 1. The van der Waals surface area contributed by atoms with Gasteiger partial charge in [-0.2, -0.15) is 0 Å². The van der Waals surface area contributed by atoms with E-state index in [1.165, 1.54) is 6.07 Å². The summed E-state index contributed by atoms with van der Waals surface area (Å²) in [5.74, 6) is -1.17. The molecule has 0 spiro atoms. The average molecular weight is 264 g/mol. The van der Waals surface area contributed by atoms with Gasteiger partial charge < -0.3 is 16.2 Å². The molecular weight excluding hydrogens is 244 g/mol. The van der Waals surface area contributed by atoms with Crippen LogP contribution >= 0.6 is 0 Å². The van der Waals surface area contributed by atoms with Crippen LogP contribution in [0, 0.1) is 6.92 Å². The molecule has 1 aromatic carbocycles. The Morgan fingerprint density at radius 3 is 2.53 bits per heavy atom. The highest BCUT2D eigenvalue weighted by Crippen LogP contribution is 2.19. The van der Waals surface area contributed by atoms with E-state index in [2.05, 4.69) is 5.32 Å². The molecule has 0 bridgehead atoms. The molecule has 0 radical (unpaired) electrons. The van der Waals surface area contributed by atoms with Crippen molar-refractivity contribution >= 4 is 17.6 Å². The molecule has 1 rings (SSSR count). The van der Waals surface area contributed by atoms with Crippen molar-refractivity contribution < 1.29 is 14.7 Å². The minimum atomic E-state index is -1.00. The van der Waals surface area contributed by atoms with Crippen LogP contribution in [0.2, 0.25) is 0 Å². The lowest BCUT2D eigenvalue weighted by Crippen LogP contribution is -2.33. The first kappa shape index (κ1) is 15.2. The molecule has 5 heteroatoms. The number of anilines is 1. The molecule has 0 fully saturated rings. The smallest absolute Gasteiger partial charge is 0.336 e. The van der Waals surface area contributed by atoms with Gasteiger partial charge in [-0.1, -0.05) is 6.07 Å². The topological polar surface area (TPSA) is 92.4 Å². The number of aromatic carboxylic acids is 1. The van der Waals surface area contributed by atoms with Crippen LogP contribution in [0.4, 0.5) is 5.69 Å². The fourth-order valence-electron chi connectivity index (χ4n) is 1.65. The average Bonchev–Trinajstić information content (AvgIpc) is 2.28. The summed E-state index contributed by atoms with van der Waals surface area (Å²) in [4.78, 5) is 22.8. The van der Waals surface area contributed by atoms with E-state index in [9.17, 15) is 9.59 Å². The number of benzene rings is 1. The Morgan fingerprint density at radius 1 is 1.37 bits per heavy atom. The molecule has 5 nitrogen and oxygen atoms in total. The van der Waals surface area contributed by atoms with Crippen LogP contribution in [0.15, 0.2) is 18.2 Å². The number of hydrogen-bond donors (Lipinski definition) is 3. The number of hydrogen-bond acceptors (Lipinski definition) is 3. The number of rotatable bonds is 5. The fourth-order valence-corrected chi connectivity index (χ4v) is 1.65. The van der Waals surface area contributed by atoms with Crippen molar-refractivity contribution in [3.05, 3.63) is 29.3 Å². The van der Waals surface area contributed by atoms with Gasteiger partial charge in [0.1, 0.15) is 0 Å². The maximum absolute atomic E-state index is 11.8. The van der Waals surface area contributed by atoms with E-state index in [4.69, 9.17) is 10.8 Å². The van der Waals surface area contributed by atoms with Gasteiger partial charge in [0.05, 0.1) is 5.56 Å². The summed E-state index contributed by atoms with van der Waals surface area (Å²) < 4.78 is 0.